The smallest absolute Gasteiger partial charge is 0.229 e. The molecule has 0 saturated carbocycles. The maximum absolute atomic E-state index is 12.7. The van der Waals surface area contributed by atoms with Crippen LogP contribution in [0.25, 0.3) is 0 Å². The maximum atomic E-state index is 12.7. The molecule has 0 N–H and O–H groups in total. The molecule has 2 heteroatoms. The summed E-state index contributed by atoms with van der Waals surface area (Å²) in [5.41, 5.74) is 2.53. The van der Waals surface area contributed by atoms with Gasteiger partial charge in [-0.2, -0.15) is 0 Å². The Hall–Kier alpha value is -2.09. The molecule has 1 saturated heterocycles. The van der Waals surface area contributed by atoms with Crippen molar-refractivity contribution in [2.75, 3.05) is 13.1 Å². The van der Waals surface area contributed by atoms with Gasteiger partial charge in [0, 0.05) is 13.1 Å². The van der Waals surface area contributed by atoms with E-state index in [1.165, 1.54) is 5.56 Å². The number of amides is 1. The molecule has 1 atom stereocenters. The average molecular weight is 307 g/mol. The third-order valence-electron chi connectivity index (χ3n) is 4.96. The van der Waals surface area contributed by atoms with Crippen molar-refractivity contribution in [2.45, 2.75) is 32.1 Å². The highest BCUT2D eigenvalue weighted by Gasteiger charge is 2.26. The summed E-state index contributed by atoms with van der Waals surface area (Å²) in [4.78, 5) is 14.7. The lowest BCUT2D eigenvalue weighted by Gasteiger charge is -2.33. The van der Waals surface area contributed by atoms with E-state index in [1.807, 2.05) is 37.3 Å². The van der Waals surface area contributed by atoms with Gasteiger partial charge in [-0.3, -0.25) is 4.79 Å². The van der Waals surface area contributed by atoms with Gasteiger partial charge in [0.05, 0.1) is 5.92 Å². The fourth-order valence-electron chi connectivity index (χ4n) is 3.46. The molecule has 3 rings (SSSR count). The Balaban J connectivity index is 1.53. The topological polar surface area (TPSA) is 20.3 Å². The van der Waals surface area contributed by atoms with Crippen molar-refractivity contribution in [2.24, 2.45) is 5.92 Å². The monoisotopic (exact) mass is 307 g/mol. The van der Waals surface area contributed by atoms with Gasteiger partial charge in [-0.05, 0) is 43.2 Å². The molecule has 1 heterocycles. The minimum atomic E-state index is -0.0399. The van der Waals surface area contributed by atoms with Crippen LogP contribution < -0.4 is 0 Å². The van der Waals surface area contributed by atoms with E-state index < -0.39 is 0 Å². The first-order valence-electron chi connectivity index (χ1n) is 8.61. The fourth-order valence-corrected chi connectivity index (χ4v) is 3.46. The largest absolute Gasteiger partial charge is 0.342 e. The summed E-state index contributed by atoms with van der Waals surface area (Å²) in [6, 6.07) is 20.8. The molecule has 23 heavy (non-hydrogen) atoms. The molecule has 120 valence electrons. The molecule has 1 unspecified atom stereocenters. The zero-order valence-electron chi connectivity index (χ0n) is 13.8. The van der Waals surface area contributed by atoms with E-state index >= 15 is 0 Å². The van der Waals surface area contributed by atoms with E-state index in [9.17, 15) is 4.79 Å². The molecule has 2 aromatic carbocycles. The molecular weight excluding hydrogens is 282 g/mol. The minimum Gasteiger partial charge on any atom is -0.342 e. The molecule has 1 fully saturated rings. The van der Waals surface area contributed by atoms with Crippen LogP contribution in [0.4, 0.5) is 0 Å². The van der Waals surface area contributed by atoms with E-state index in [-0.39, 0.29) is 11.8 Å². The number of carbonyl (C=O) groups excluding carboxylic acids is 1. The zero-order valence-corrected chi connectivity index (χ0v) is 13.8. The van der Waals surface area contributed by atoms with Gasteiger partial charge < -0.3 is 4.90 Å². The Bertz CT molecular complexity index is 615. The summed E-state index contributed by atoms with van der Waals surface area (Å²) < 4.78 is 0. The van der Waals surface area contributed by atoms with Gasteiger partial charge >= 0.3 is 0 Å². The predicted octanol–water partition coefficient (Wildman–Crippen LogP) is 4.27. The molecule has 1 aliphatic rings. The van der Waals surface area contributed by atoms with Crippen LogP contribution in [-0.4, -0.2) is 23.9 Å². The number of benzene rings is 2. The molecule has 2 aromatic rings. The van der Waals surface area contributed by atoms with Gasteiger partial charge in [0.25, 0.3) is 0 Å². The second kappa shape index (κ2) is 7.45. The number of nitrogens with zero attached hydrogens (tertiary/aromatic N) is 1. The maximum Gasteiger partial charge on any atom is 0.229 e. The van der Waals surface area contributed by atoms with Gasteiger partial charge in [-0.25, -0.2) is 0 Å². The Kier molecular flexibility index (Phi) is 5.12. The zero-order chi connectivity index (χ0) is 16.1. The van der Waals surface area contributed by atoms with Gasteiger partial charge in [-0.1, -0.05) is 60.7 Å². The third-order valence-corrected chi connectivity index (χ3v) is 4.96. The summed E-state index contributed by atoms with van der Waals surface area (Å²) in [7, 11) is 0. The average Bonchev–Trinajstić information content (AvgIpc) is 2.63. The van der Waals surface area contributed by atoms with Crippen LogP contribution in [0.1, 0.15) is 36.8 Å². The molecule has 1 amide bonds. The fraction of sp³-hybridized carbons (Fsp3) is 0.381. The molecule has 0 aliphatic carbocycles. The van der Waals surface area contributed by atoms with E-state index in [0.29, 0.717) is 5.92 Å². The van der Waals surface area contributed by atoms with Crippen molar-refractivity contribution < 1.29 is 4.79 Å². The Labute approximate surface area is 139 Å². The van der Waals surface area contributed by atoms with Gasteiger partial charge in [0.1, 0.15) is 0 Å². The van der Waals surface area contributed by atoms with Crippen molar-refractivity contribution in [3.63, 3.8) is 0 Å². The highest BCUT2D eigenvalue weighted by molar-refractivity contribution is 5.83. The summed E-state index contributed by atoms with van der Waals surface area (Å²) in [6.07, 6.45) is 3.36. The SMILES string of the molecule is CC(C(=O)N1CCC(Cc2ccccc2)CC1)c1ccccc1. The van der Waals surface area contributed by atoms with E-state index in [1.54, 1.807) is 0 Å². The van der Waals surface area contributed by atoms with Crippen LogP contribution in [0.3, 0.4) is 0 Å². The summed E-state index contributed by atoms with van der Waals surface area (Å²) >= 11 is 0. The lowest BCUT2D eigenvalue weighted by Crippen LogP contribution is -2.40. The molecule has 2 nitrogen and oxygen atoms in total. The summed E-state index contributed by atoms with van der Waals surface area (Å²) in [6.45, 7) is 3.81. The molecule has 0 bridgehead atoms. The lowest BCUT2D eigenvalue weighted by molar-refractivity contribution is -0.133. The number of hydrogen-bond acceptors (Lipinski definition) is 1. The van der Waals surface area contributed by atoms with Crippen molar-refractivity contribution in [3.05, 3.63) is 71.8 Å². The first kappa shape index (κ1) is 15.8. The van der Waals surface area contributed by atoms with E-state index in [0.717, 1.165) is 37.9 Å². The van der Waals surface area contributed by atoms with Crippen LogP contribution in [0.5, 0.6) is 0 Å². The van der Waals surface area contributed by atoms with Crippen molar-refractivity contribution in [3.8, 4) is 0 Å². The van der Waals surface area contributed by atoms with Crippen molar-refractivity contribution >= 4 is 5.91 Å². The normalized spacial score (nSPS) is 17.0. The minimum absolute atomic E-state index is 0.0399. The standard InChI is InChI=1S/C21H25NO/c1-17(20-10-6-3-7-11-20)21(23)22-14-12-19(13-15-22)16-18-8-4-2-5-9-18/h2-11,17,19H,12-16H2,1H3. The van der Waals surface area contributed by atoms with Gasteiger partial charge in [0.2, 0.25) is 5.91 Å². The molecular formula is C21H25NO. The number of piperidine rings is 1. The van der Waals surface area contributed by atoms with Crippen LogP contribution in [0.15, 0.2) is 60.7 Å². The third kappa shape index (κ3) is 4.01. The Morgan fingerprint density at radius 1 is 1.00 bits per heavy atom. The second-order valence-corrected chi connectivity index (χ2v) is 6.59. The summed E-state index contributed by atoms with van der Waals surface area (Å²) in [5.74, 6) is 0.935. The first-order chi connectivity index (χ1) is 11.2. The summed E-state index contributed by atoms with van der Waals surface area (Å²) in [5, 5.41) is 0. The first-order valence-corrected chi connectivity index (χ1v) is 8.61. The Morgan fingerprint density at radius 3 is 2.17 bits per heavy atom. The quantitative estimate of drug-likeness (QED) is 0.826. The predicted molar refractivity (Wildman–Crippen MR) is 94.3 cm³/mol. The highest BCUT2D eigenvalue weighted by atomic mass is 16.2. The van der Waals surface area contributed by atoms with Gasteiger partial charge in [-0.15, -0.1) is 0 Å². The van der Waals surface area contributed by atoms with Crippen LogP contribution >= 0.6 is 0 Å². The number of rotatable bonds is 4. The van der Waals surface area contributed by atoms with Crippen molar-refractivity contribution in [1.82, 2.24) is 4.90 Å². The van der Waals surface area contributed by atoms with Crippen LogP contribution in [0.2, 0.25) is 0 Å². The molecule has 0 radical (unpaired) electrons. The van der Waals surface area contributed by atoms with Crippen molar-refractivity contribution in [1.29, 1.82) is 0 Å². The molecule has 0 aromatic heterocycles. The Morgan fingerprint density at radius 2 is 1.57 bits per heavy atom. The number of hydrogen-bond donors (Lipinski definition) is 0. The number of carbonyl (C=O) groups is 1. The highest BCUT2D eigenvalue weighted by Crippen LogP contribution is 2.25. The van der Waals surface area contributed by atoms with Crippen LogP contribution in [0, 0.1) is 5.92 Å². The number of likely N-dealkylation sites (tertiary alicyclic amines) is 1. The van der Waals surface area contributed by atoms with E-state index in [2.05, 4.69) is 35.2 Å². The molecule has 0 spiro atoms. The molecule has 1 aliphatic heterocycles. The van der Waals surface area contributed by atoms with Gasteiger partial charge in [0.15, 0.2) is 0 Å². The van der Waals surface area contributed by atoms with E-state index in [4.69, 9.17) is 0 Å². The second-order valence-electron chi connectivity index (χ2n) is 6.59. The van der Waals surface area contributed by atoms with Crippen LogP contribution in [-0.2, 0) is 11.2 Å². The lowest BCUT2D eigenvalue weighted by atomic mass is 9.89.